The standard InChI is InChI=1S/C20H21FN2O4/c1-12-3-4-15(9-18(12)23-13(2)24)20(25)22-6-5-14-7-17(21)8-16-10-26-11-27-19(14)16/h3-4,7-9H,5-6,10-11H2,1-2H3,(H,22,25)(H,23,24). The Morgan fingerprint density at radius 3 is 2.81 bits per heavy atom. The van der Waals surface area contributed by atoms with Crippen molar-refractivity contribution in [3.8, 4) is 5.75 Å². The Morgan fingerprint density at radius 2 is 2.04 bits per heavy atom. The molecule has 0 aliphatic carbocycles. The minimum atomic E-state index is -0.359. The molecule has 0 unspecified atom stereocenters. The highest BCUT2D eigenvalue weighted by molar-refractivity contribution is 5.97. The number of amides is 2. The number of hydrogen-bond donors (Lipinski definition) is 2. The molecule has 6 nitrogen and oxygen atoms in total. The summed E-state index contributed by atoms with van der Waals surface area (Å²) in [7, 11) is 0. The Kier molecular flexibility index (Phi) is 5.71. The minimum Gasteiger partial charge on any atom is -0.467 e. The summed E-state index contributed by atoms with van der Waals surface area (Å²) in [6.07, 6.45) is 0.427. The lowest BCUT2D eigenvalue weighted by Crippen LogP contribution is -2.26. The topological polar surface area (TPSA) is 76.7 Å². The van der Waals surface area contributed by atoms with Gasteiger partial charge >= 0.3 is 0 Å². The Hall–Kier alpha value is -2.93. The van der Waals surface area contributed by atoms with Crippen molar-refractivity contribution in [2.24, 2.45) is 0 Å². The first-order valence-corrected chi connectivity index (χ1v) is 8.62. The van der Waals surface area contributed by atoms with Gasteiger partial charge in [-0.3, -0.25) is 9.59 Å². The Labute approximate surface area is 156 Å². The van der Waals surface area contributed by atoms with Gasteiger partial charge in [0.2, 0.25) is 5.91 Å². The second-order valence-corrected chi connectivity index (χ2v) is 6.38. The van der Waals surface area contributed by atoms with Crippen LogP contribution in [0.3, 0.4) is 0 Å². The lowest BCUT2D eigenvalue weighted by atomic mass is 10.0. The summed E-state index contributed by atoms with van der Waals surface area (Å²) >= 11 is 0. The van der Waals surface area contributed by atoms with Gasteiger partial charge in [0.1, 0.15) is 11.6 Å². The van der Waals surface area contributed by atoms with Gasteiger partial charge in [-0.05, 0) is 48.7 Å². The van der Waals surface area contributed by atoms with Crippen molar-refractivity contribution in [1.29, 1.82) is 0 Å². The van der Waals surface area contributed by atoms with Crippen molar-refractivity contribution in [1.82, 2.24) is 5.32 Å². The van der Waals surface area contributed by atoms with Gasteiger partial charge in [-0.15, -0.1) is 0 Å². The number of aryl methyl sites for hydroxylation is 1. The first-order chi connectivity index (χ1) is 12.9. The number of fused-ring (bicyclic) bond motifs is 1. The van der Waals surface area contributed by atoms with Gasteiger partial charge in [-0.25, -0.2) is 4.39 Å². The predicted molar refractivity (Wildman–Crippen MR) is 98.2 cm³/mol. The molecular formula is C20H21FN2O4. The number of hydrogen-bond acceptors (Lipinski definition) is 4. The maximum atomic E-state index is 13.8. The van der Waals surface area contributed by atoms with Crippen LogP contribution in [0, 0.1) is 12.7 Å². The Bertz CT molecular complexity index is 883. The van der Waals surface area contributed by atoms with E-state index < -0.39 is 0 Å². The summed E-state index contributed by atoms with van der Waals surface area (Å²) in [5.41, 5.74) is 3.27. The molecule has 2 N–H and O–H groups in total. The van der Waals surface area contributed by atoms with Crippen LogP contribution in [0.2, 0.25) is 0 Å². The number of rotatable bonds is 5. The highest BCUT2D eigenvalue weighted by Gasteiger charge is 2.17. The van der Waals surface area contributed by atoms with E-state index in [-0.39, 0.29) is 24.4 Å². The fourth-order valence-electron chi connectivity index (χ4n) is 2.94. The van der Waals surface area contributed by atoms with E-state index >= 15 is 0 Å². The fourth-order valence-corrected chi connectivity index (χ4v) is 2.94. The van der Waals surface area contributed by atoms with Gasteiger partial charge in [-0.1, -0.05) is 6.07 Å². The number of halogens is 1. The molecule has 3 rings (SSSR count). The molecule has 0 spiro atoms. The third-order valence-electron chi connectivity index (χ3n) is 4.24. The van der Waals surface area contributed by atoms with E-state index in [9.17, 15) is 14.0 Å². The maximum absolute atomic E-state index is 13.8. The van der Waals surface area contributed by atoms with Crippen LogP contribution in [0.1, 0.15) is 34.0 Å². The second kappa shape index (κ2) is 8.18. The minimum absolute atomic E-state index is 0.132. The van der Waals surface area contributed by atoms with Crippen molar-refractivity contribution >= 4 is 17.5 Å². The zero-order valence-electron chi connectivity index (χ0n) is 15.2. The van der Waals surface area contributed by atoms with Gasteiger partial charge in [0, 0.05) is 30.3 Å². The summed E-state index contributed by atoms with van der Waals surface area (Å²) in [4.78, 5) is 23.6. The fraction of sp³-hybridized carbons (Fsp3) is 0.300. The molecule has 27 heavy (non-hydrogen) atoms. The van der Waals surface area contributed by atoms with Crippen LogP contribution >= 0.6 is 0 Å². The monoisotopic (exact) mass is 372 g/mol. The average molecular weight is 372 g/mol. The highest BCUT2D eigenvalue weighted by Crippen LogP contribution is 2.29. The normalized spacial score (nSPS) is 12.7. The van der Waals surface area contributed by atoms with Crippen LogP contribution < -0.4 is 15.4 Å². The molecule has 0 radical (unpaired) electrons. The van der Waals surface area contributed by atoms with Crippen molar-refractivity contribution in [2.45, 2.75) is 26.9 Å². The van der Waals surface area contributed by atoms with Crippen LogP contribution in [0.5, 0.6) is 5.75 Å². The van der Waals surface area contributed by atoms with Crippen LogP contribution in [0.4, 0.5) is 10.1 Å². The molecule has 1 aliphatic heterocycles. The van der Waals surface area contributed by atoms with E-state index in [1.807, 2.05) is 6.92 Å². The van der Waals surface area contributed by atoms with E-state index in [2.05, 4.69) is 10.6 Å². The molecule has 2 aromatic rings. The molecule has 0 atom stereocenters. The quantitative estimate of drug-likeness (QED) is 0.846. The van der Waals surface area contributed by atoms with Crippen LogP contribution in [-0.2, 0) is 22.6 Å². The summed E-state index contributed by atoms with van der Waals surface area (Å²) < 4.78 is 24.4. The molecular weight excluding hydrogens is 351 g/mol. The molecule has 0 saturated heterocycles. The number of ether oxygens (including phenoxy) is 2. The van der Waals surface area contributed by atoms with E-state index in [0.717, 1.165) is 5.56 Å². The Balaban J connectivity index is 1.65. The molecule has 2 aromatic carbocycles. The maximum Gasteiger partial charge on any atom is 0.251 e. The van der Waals surface area contributed by atoms with E-state index in [1.54, 1.807) is 18.2 Å². The second-order valence-electron chi connectivity index (χ2n) is 6.38. The van der Waals surface area contributed by atoms with Crippen molar-refractivity contribution in [2.75, 3.05) is 18.7 Å². The summed E-state index contributed by atoms with van der Waals surface area (Å²) in [6.45, 7) is 4.03. The highest BCUT2D eigenvalue weighted by atomic mass is 19.1. The number of nitrogens with one attached hydrogen (secondary N) is 2. The number of carbonyl (C=O) groups is 2. The molecule has 0 fully saturated rings. The van der Waals surface area contributed by atoms with Gasteiger partial charge in [-0.2, -0.15) is 0 Å². The summed E-state index contributed by atoms with van der Waals surface area (Å²) in [6, 6.07) is 7.91. The van der Waals surface area contributed by atoms with Gasteiger partial charge < -0.3 is 20.1 Å². The predicted octanol–water partition coefficient (Wildman–Crippen LogP) is 2.93. The third-order valence-corrected chi connectivity index (χ3v) is 4.24. The number of carbonyl (C=O) groups excluding carboxylic acids is 2. The molecule has 0 saturated carbocycles. The molecule has 1 aliphatic rings. The lowest BCUT2D eigenvalue weighted by molar-refractivity contribution is -0.114. The molecule has 0 bridgehead atoms. The SMILES string of the molecule is CC(=O)Nc1cc(C(=O)NCCc2cc(F)cc3c2OCOC3)ccc1C. The van der Waals surface area contributed by atoms with E-state index in [4.69, 9.17) is 9.47 Å². The molecule has 0 aromatic heterocycles. The average Bonchev–Trinajstić information content (AvgIpc) is 2.62. The summed E-state index contributed by atoms with van der Waals surface area (Å²) in [5.74, 6) is -0.200. The van der Waals surface area contributed by atoms with Crippen molar-refractivity contribution in [3.63, 3.8) is 0 Å². The van der Waals surface area contributed by atoms with Crippen LogP contribution in [0.25, 0.3) is 0 Å². The first kappa shape index (κ1) is 18.8. The zero-order valence-corrected chi connectivity index (χ0v) is 15.2. The molecule has 7 heteroatoms. The first-order valence-electron chi connectivity index (χ1n) is 8.62. The number of anilines is 1. The van der Waals surface area contributed by atoms with Crippen molar-refractivity contribution in [3.05, 3.63) is 58.4 Å². The zero-order chi connectivity index (χ0) is 19.4. The van der Waals surface area contributed by atoms with Gasteiger partial charge in [0.05, 0.1) is 6.61 Å². The molecule has 2 amide bonds. The van der Waals surface area contributed by atoms with E-state index in [0.29, 0.717) is 47.7 Å². The Morgan fingerprint density at radius 1 is 1.22 bits per heavy atom. The van der Waals surface area contributed by atoms with Gasteiger partial charge in [0.25, 0.3) is 5.91 Å². The smallest absolute Gasteiger partial charge is 0.251 e. The summed E-state index contributed by atoms with van der Waals surface area (Å²) in [5, 5.41) is 5.51. The largest absolute Gasteiger partial charge is 0.467 e. The molecule has 142 valence electrons. The third kappa shape index (κ3) is 4.62. The van der Waals surface area contributed by atoms with Crippen LogP contribution in [-0.4, -0.2) is 25.2 Å². The molecule has 1 heterocycles. The van der Waals surface area contributed by atoms with Gasteiger partial charge in [0.15, 0.2) is 6.79 Å². The lowest BCUT2D eigenvalue weighted by Gasteiger charge is -2.21. The van der Waals surface area contributed by atoms with E-state index in [1.165, 1.54) is 19.1 Å². The van der Waals surface area contributed by atoms with Crippen molar-refractivity contribution < 1.29 is 23.5 Å². The van der Waals surface area contributed by atoms with Crippen LogP contribution in [0.15, 0.2) is 30.3 Å². The number of benzene rings is 2.